The second-order valence-electron chi connectivity index (χ2n) is 8.83. The molecule has 2 atom stereocenters. The summed E-state index contributed by atoms with van der Waals surface area (Å²) in [5.74, 6) is 0. The van der Waals surface area contributed by atoms with Crippen molar-refractivity contribution in [1.29, 1.82) is 0 Å². The third kappa shape index (κ3) is 3.97. The van der Waals surface area contributed by atoms with E-state index in [9.17, 15) is 0 Å². The van der Waals surface area contributed by atoms with E-state index in [2.05, 4.69) is 88.2 Å². The molecule has 1 aliphatic rings. The molecule has 4 aromatic rings. The Balaban J connectivity index is 1.63. The zero-order chi connectivity index (χ0) is 23.7. The summed E-state index contributed by atoms with van der Waals surface area (Å²) in [6, 6.07) is 23.5. The molecule has 0 spiro atoms. The Labute approximate surface area is 206 Å². The lowest BCUT2D eigenvalue weighted by Gasteiger charge is -2.28. The van der Waals surface area contributed by atoms with Gasteiger partial charge < -0.3 is 19.5 Å². The largest absolute Gasteiger partial charge is 0.385 e. The van der Waals surface area contributed by atoms with E-state index < -0.39 is 0 Å². The predicted octanol–water partition coefficient (Wildman–Crippen LogP) is 5.65. The van der Waals surface area contributed by atoms with Crippen LogP contribution in [0.2, 0.25) is 0 Å². The average Bonchev–Trinajstić information content (AvgIpc) is 3.34. The molecular formula is C28H30N4OS. The van der Waals surface area contributed by atoms with Gasteiger partial charge in [0.25, 0.3) is 0 Å². The van der Waals surface area contributed by atoms with Gasteiger partial charge in [-0.1, -0.05) is 42.5 Å². The summed E-state index contributed by atoms with van der Waals surface area (Å²) < 4.78 is 7.71. The molecule has 0 radical (unpaired) electrons. The Morgan fingerprint density at radius 3 is 2.62 bits per heavy atom. The molecule has 5 nitrogen and oxygen atoms in total. The van der Waals surface area contributed by atoms with Crippen LogP contribution in [0.1, 0.15) is 41.1 Å². The first-order valence-electron chi connectivity index (χ1n) is 11.7. The molecule has 0 unspecified atom stereocenters. The second kappa shape index (κ2) is 9.57. The summed E-state index contributed by atoms with van der Waals surface area (Å²) in [7, 11) is 1.74. The molecular weight excluding hydrogens is 440 g/mol. The predicted molar refractivity (Wildman–Crippen MR) is 141 cm³/mol. The summed E-state index contributed by atoms with van der Waals surface area (Å²) in [6.45, 7) is 5.93. The van der Waals surface area contributed by atoms with Crippen LogP contribution in [0.5, 0.6) is 0 Å². The number of fused-ring (bicyclic) bond motifs is 1. The fourth-order valence-electron chi connectivity index (χ4n) is 5.23. The first-order valence-corrected chi connectivity index (χ1v) is 12.1. The maximum Gasteiger partial charge on any atom is 0.170 e. The number of benzene rings is 2. The molecule has 1 saturated heterocycles. The van der Waals surface area contributed by atoms with Gasteiger partial charge in [-0.15, -0.1) is 0 Å². The highest BCUT2D eigenvalue weighted by molar-refractivity contribution is 7.80. The third-order valence-corrected chi connectivity index (χ3v) is 7.09. The zero-order valence-corrected chi connectivity index (χ0v) is 20.7. The van der Waals surface area contributed by atoms with Crippen LogP contribution < -0.4 is 5.32 Å². The van der Waals surface area contributed by atoms with Gasteiger partial charge in [0, 0.05) is 43.2 Å². The Bertz CT molecular complexity index is 1310. The van der Waals surface area contributed by atoms with Crippen molar-refractivity contribution < 1.29 is 4.74 Å². The van der Waals surface area contributed by atoms with Crippen LogP contribution in [0.15, 0.2) is 72.9 Å². The second-order valence-corrected chi connectivity index (χ2v) is 9.21. The molecule has 0 saturated carbocycles. The number of nitrogens with one attached hydrogen (secondary N) is 1. The summed E-state index contributed by atoms with van der Waals surface area (Å²) in [6.07, 6.45) is 2.76. The van der Waals surface area contributed by atoms with Crippen LogP contribution in [0.25, 0.3) is 16.5 Å². The lowest BCUT2D eigenvalue weighted by atomic mass is 9.96. The number of hydrogen-bond donors (Lipinski definition) is 1. The molecule has 5 rings (SSSR count). The highest BCUT2D eigenvalue weighted by atomic mass is 32.1. The highest BCUT2D eigenvalue weighted by Crippen LogP contribution is 2.41. The molecule has 0 amide bonds. The summed E-state index contributed by atoms with van der Waals surface area (Å²) in [4.78, 5) is 6.99. The van der Waals surface area contributed by atoms with E-state index in [-0.39, 0.29) is 12.1 Å². The van der Waals surface area contributed by atoms with Crippen LogP contribution in [-0.2, 0) is 4.74 Å². The number of aryl methyl sites for hydroxylation is 1. The normalized spacial score (nSPS) is 18.0. The lowest BCUT2D eigenvalue weighted by molar-refractivity contribution is 0.180. The summed E-state index contributed by atoms with van der Waals surface area (Å²) in [5.41, 5.74) is 5.90. The molecule has 174 valence electrons. The number of rotatable bonds is 7. The van der Waals surface area contributed by atoms with Gasteiger partial charge in [0.1, 0.15) is 0 Å². The fourth-order valence-corrected chi connectivity index (χ4v) is 5.56. The van der Waals surface area contributed by atoms with Gasteiger partial charge in [-0.3, -0.25) is 4.98 Å². The number of aromatic nitrogens is 2. The highest BCUT2D eigenvalue weighted by Gasteiger charge is 2.41. The third-order valence-electron chi connectivity index (χ3n) is 6.74. The maximum atomic E-state index is 5.82. The van der Waals surface area contributed by atoms with Crippen molar-refractivity contribution >= 4 is 28.1 Å². The number of nitrogens with zero attached hydrogens (tertiary/aromatic N) is 3. The minimum atomic E-state index is -0.0160. The SMILES string of the molecule is COCCCN1C(=S)N[C@@H](c2ccccn2)[C@H]1c1cc(C)n(-c2cccc3ccccc23)c1C. The monoisotopic (exact) mass is 470 g/mol. The van der Waals surface area contributed by atoms with E-state index in [0.29, 0.717) is 6.61 Å². The topological polar surface area (TPSA) is 42.3 Å². The van der Waals surface area contributed by atoms with Crippen molar-refractivity contribution in [2.45, 2.75) is 32.4 Å². The van der Waals surface area contributed by atoms with Crippen LogP contribution in [0, 0.1) is 13.8 Å². The molecule has 2 aromatic heterocycles. The number of ether oxygens (including phenoxy) is 1. The van der Waals surface area contributed by atoms with Gasteiger partial charge in [0.05, 0.1) is 23.5 Å². The van der Waals surface area contributed by atoms with Crippen molar-refractivity contribution in [3.63, 3.8) is 0 Å². The molecule has 1 aliphatic heterocycles. The summed E-state index contributed by atoms with van der Waals surface area (Å²) >= 11 is 5.82. The average molecular weight is 471 g/mol. The van der Waals surface area contributed by atoms with Gasteiger partial charge >= 0.3 is 0 Å². The maximum absolute atomic E-state index is 5.82. The molecule has 3 heterocycles. The quantitative estimate of drug-likeness (QED) is 0.279. The molecule has 1 N–H and O–H groups in total. The van der Waals surface area contributed by atoms with Gasteiger partial charge in [-0.2, -0.15) is 0 Å². The first kappa shape index (κ1) is 22.6. The first-order chi connectivity index (χ1) is 16.6. The molecule has 2 aromatic carbocycles. The molecule has 6 heteroatoms. The molecule has 1 fully saturated rings. The van der Waals surface area contributed by atoms with Crippen molar-refractivity contribution in [3.05, 3.63) is 95.6 Å². The van der Waals surface area contributed by atoms with Crippen molar-refractivity contribution in [1.82, 2.24) is 19.8 Å². The van der Waals surface area contributed by atoms with E-state index in [4.69, 9.17) is 17.0 Å². The van der Waals surface area contributed by atoms with Crippen LogP contribution >= 0.6 is 12.2 Å². The van der Waals surface area contributed by atoms with Crippen molar-refractivity contribution in [2.24, 2.45) is 0 Å². The summed E-state index contributed by atoms with van der Waals surface area (Å²) in [5, 5.41) is 6.82. The number of thiocarbonyl (C=S) groups is 1. The number of pyridine rings is 1. The Hall–Kier alpha value is -3.22. The minimum absolute atomic E-state index is 0.0160. The molecule has 0 aliphatic carbocycles. The van der Waals surface area contributed by atoms with E-state index in [1.165, 1.54) is 33.4 Å². The number of methoxy groups -OCH3 is 1. The van der Waals surface area contributed by atoms with Crippen LogP contribution in [0.3, 0.4) is 0 Å². The molecule has 34 heavy (non-hydrogen) atoms. The van der Waals surface area contributed by atoms with Crippen molar-refractivity contribution in [3.8, 4) is 5.69 Å². The minimum Gasteiger partial charge on any atom is -0.385 e. The van der Waals surface area contributed by atoms with Gasteiger partial charge in [0.15, 0.2) is 5.11 Å². The van der Waals surface area contributed by atoms with Crippen LogP contribution in [0.4, 0.5) is 0 Å². The zero-order valence-electron chi connectivity index (χ0n) is 19.9. The number of hydrogen-bond acceptors (Lipinski definition) is 3. The van der Waals surface area contributed by atoms with E-state index >= 15 is 0 Å². The van der Waals surface area contributed by atoms with E-state index in [1.807, 2.05) is 18.3 Å². The van der Waals surface area contributed by atoms with E-state index in [1.54, 1.807) is 7.11 Å². The van der Waals surface area contributed by atoms with Crippen LogP contribution in [-0.4, -0.2) is 39.8 Å². The van der Waals surface area contributed by atoms with Gasteiger partial charge in [0.2, 0.25) is 0 Å². The Morgan fingerprint density at radius 2 is 1.82 bits per heavy atom. The lowest BCUT2D eigenvalue weighted by Crippen LogP contribution is -2.31. The Kier molecular flexibility index (Phi) is 6.35. The van der Waals surface area contributed by atoms with Gasteiger partial charge in [-0.25, -0.2) is 0 Å². The van der Waals surface area contributed by atoms with Crippen molar-refractivity contribution in [2.75, 3.05) is 20.3 Å². The fraction of sp³-hybridized carbons (Fsp3) is 0.286. The standard InChI is InChI=1S/C28H30N4OS/c1-19-18-23(20(2)32(19)25-14-8-11-21-10-4-5-12-22(21)25)27-26(24-13-6-7-15-29-24)30-28(34)31(27)16-9-17-33-3/h4-8,10-15,18,26-27H,9,16-17H2,1-3H3,(H,30,34)/t26-,27+/m0/s1. The molecule has 0 bridgehead atoms. The smallest absolute Gasteiger partial charge is 0.170 e. The Morgan fingerprint density at radius 1 is 1.03 bits per heavy atom. The van der Waals surface area contributed by atoms with E-state index in [0.717, 1.165) is 23.8 Å². The van der Waals surface area contributed by atoms with Gasteiger partial charge in [-0.05, 0) is 67.7 Å².